The summed E-state index contributed by atoms with van der Waals surface area (Å²) < 4.78 is 5.22. The van der Waals surface area contributed by atoms with E-state index in [1.54, 1.807) is 0 Å². The molecular weight excluding hydrogens is 236 g/mol. The smallest absolute Gasteiger partial charge is 0.334 e. The lowest BCUT2D eigenvalue weighted by atomic mass is 9.86. The van der Waals surface area contributed by atoms with Crippen LogP contribution in [-0.4, -0.2) is 12.6 Å². The largest absolute Gasteiger partial charge is 0.463 e. The van der Waals surface area contributed by atoms with Gasteiger partial charge in [0.15, 0.2) is 0 Å². The molecule has 0 unspecified atom stereocenters. The minimum absolute atomic E-state index is 0.150. The highest BCUT2D eigenvalue weighted by Crippen LogP contribution is 2.31. The number of hydrogen-bond acceptors (Lipinski definition) is 2. The van der Waals surface area contributed by atoms with Gasteiger partial charge in [-0.05, 0) is 29.9 Å². The third-order valence-corrected chi connectivity index (χ3v) is 3.03. The van der Waals surface area contributed by atoms with Crippen molar-refractivity contribution < 1.29 is 9.53 Å². The van der Waals surface area contributed by atoms with Crippen LogP contribution in [0, 0.1) is 11.8 Å². The van der Waals surface area contributed by atoms with Gasteiger partial charge in [0.1, 0.15) is 0 Å². The van der Waals surface area contributed by atoms with Gasteiger partial charge in [-0.2, -0.15) is 0 Å². The fourth-order valence-corrected chi connectivity index (χ4v) is 2.28. The number of ether oxygens (including phenoxy) is 1. The molecule has 0 aliphatic heterocycles. The molecule has 0 atom stereocenters. The van der Waals surface area contributed by atoms with E-state index in [-0.39, 0.29) is 17.8 Å². The van der Waals surface area contributed by atoms with Gasteiger partial charge in [-0.3, -0.25) is 0 Å². The van der Waals surface area contributed by atoms with Crippen molar-refractivity contribution in [3.8, 4) is 0 Å². The average molecular weight is 260 g/mol. The Hall–Kier alpha value is -1.57. The van der Waals surface area contributed by atoms with E-state index in [0.717, 1.165) is 16.7 Å². The van der Waals surface area contributed by atoms with E-state index >= 15 is 0 Å². The van der Waals surface area contributed by atoms with Gasteiger partial charge in [-0.1, -0.05) is 58.0 Å². The Morgan fingerprint density at radius 1 is 1.05 bits per heavy atom. The summed E-state index contributed by atoms with van der Waals surface area (Å²) in [6, 6.07) is 10.1. The van der Waals surface area contributed by atoms with Crippen molar-refractivity contribution in [2.24, 2.45) is 11.8 Å². The van der Waals surface area contributed by atoms with Gasteiger partial charge in [0.25, 0.3) is 0 Å². The van der Waals surface area contributed by atoms with Gasteiger partial charge in [-0.25, -0.2) is 4.79 Å². The lowest BCUT2D eigenvalue weighted by Gasteiger charge is -2.20. The number of carbonyl (C=O) groups is 1. The molecule has 2 nitrogen and oxygen atoms in total. The Morgan fingerprint density at radius 3 is 2.05 bits per heavy atom. The zero-order valence-corrected chi connectivity index (χ0v) is 12.6. The van der Waals surface area contributed by atoms with Gasteiger partial charge in [0.2, 0.25) is 0 Å². The quantitative estimate of drug-likeness (QED) is 0.582. The Balaban J connectivity index is 3.39. The predicted octanol–water partition coefficient (Wildman–Crippen LogP) is 4.32. The summed E-state index contributed by atoms with van der Waals surface area (Å²) in [5.74, 6) is 0.242. The van der Waals surface area contributed by atoms with Crippen molar-refractivity contribution >= 4 is 11.5 Å². The second kappa shape index (κ2) is 7.13. The molecule has 0 aliphatic carbocycles. The molecule has 0 fully saturated rings. The molecule has 104 valence electrons. The number of esters is 1. The SMILES string of the molecule is CCOC(=O)C(=C(c1ccccc1)C(C)C)C(C)C. The Bertz CT molecular complexity index is 442. The third-order valence-electron chi connectivity index (χ3n) is 3.03. The number of rotatable bonds is 5. The highest BCUT2D eigenvalue weighted by Gasteiger charge is 2.22. The van der Waals surface area contributed by atoms with Crippen LogP contribution >= 0.6 is 0 Å². The zero-order valence-electron chi connectivity index (χ0n) is 12.6. The van der Waals surface area contributed by atoms with E-state index in [0.29, 0.717) is 6.61 Å². The minimum atomic E-state index is -0.190. The Kier molecular flexibility index (Phi) is 5.81. The average Bonchev–Trinajstić information content (AvgIpc) is 2.36. The van der Waals surface area contributed by atoms with E-state index in [1.165, 1.54) is 0 Å². The summed E-state index contributed by atoms with van der Waals surface area (Å²) >= 11 is 0. The van der Waals surface area contributed by atoms with Crippen LogP contribution in [0.4, 0.5) is 0 Å². The zero-order chi connectivity index (χ0) is 14.4. The standard InChI is InChI=1S/C17H24O2/c1-6-19-17(18)16(13(4)5)15(12(2)3)14-10-8-7-9-11-14/h7-13H,6H2,1-5H3. The van der Waals surface area contributed by atoms with Crippen LogP contribution in [0.5, 0.6) is 0 Å². The molecule has 0 N–H and O–H groups in total. The summed E-state index contributed by atoms with van der Waals surface area (Å²) in [6.07, 6.45) is 0. The number of benzene rings is 1. The van der Waals surface area contributed by atoms with Crippen LogP contribution in [-0.2, 0) is 9.53 Å². The van der Waals surface area contributed by atoms with E-state index in [4.69, 9.17) is 4.74 Å². The van der Waals surface area contributed by atoms with Crippen molar-refractivity contribution in [1.82, 2.24) is 0 Å². The van der Waals surface area contributed by atoms with Crippen LogP contribution in [0.25, 0.3) is 5.57 Å². The molecule has 0 heterocycles. The van der Waals surface area contributed by atoms with E-state index in [2.05, 4.69) is 26.0 Å². The summed E-state index contributed by atoms with van der Waals surface area (Å²) in [4.78, 5) is 12.2. The molecule has 0 aromatic heterocycles. The second-order valence-corrected chi connectivity index (χ2v) is 5.22. The van der Waals surface area contributed by atoms with Crippen molar-refractivity contribution in [1.29, 1.82) is 0 Å². The fraction of sp³-hybridized carbons (Fsp3) is 0.471. The molecule has 1 rings (SSSR count). The predicted molar refractivity (Wildman–Crippen MR) is 79.7 cm³/mol. The molecule has 0 radical (unpaired) electrons. The molecule has 0 amide bonds. The first-order valence-corrected chi connectivity index (χ1v) is 6.95. The number of allylic oxidation sites excluding steroid dienone is 1. The van der Waals surface area contributed by atoms with Crippen molar-refractivity contribution in [2.75, 3.05) is 6.61 Å². The molecule has 2 heteroatoms. The molecule has 0 bridgehead atoms. The Morgan fingerprint density at radius 2 is 1.63 bits per heavy atom. The fourth-order valence-electron chi connectivity index (χ4n) is 2.28. The van der Waals surface area contributed by atoms with E-state index in [1.807, 2.05) is 39.0 Å². The minimum Gasteiger partial charge on any atom is -0.463 e. The van der Waals surface area contributed by atoms with Crippen LogP contribution in [0.2, 0.25) is 0 Å². The molecule has 0 saturated heterocycles. The molecule has 19 heavy (non-hydrogen) atoms. The highest BCUT2D eigenvalue weighted by molar-refractivity contribution is 5.98. The number of carbonyl (C=O) groups excluding carboxylic acids is 1. The van der Waals surface area contributed by atoms with E-state index in [9.17, 15) is 4.79 Å². The highest BCUT2D eigenvalue weighted by atomic mass is 16.5. The third kappa shape index (κ3) is 3.95. The summed E-state index contributed by atoms with van der Waals surface area (Å²) in [6.45, 7) is 10.6. The lowest BCUT2D eigenvalue weighted by molar-refractivity contribution is -0.139. The maximum absolute atomic E-state index is 12.2. The van der Waals surface area contributed by atoms with Crippen LogP contribution in [0.15, 0.2) is 35.9 Å². The van der Waals surface area contributed by atoms with Crippen molar-refractivity contribution in [2.45, 2.75) is 34.6 Å². The van der Waals surface area contributed by atoms with Crippen molar-refractivity contribution in [3.05, 3.63) is 41.5 Å². The maximum atomic E-state index is 12.2. The maximum Gasteiger partial charge on any atom is 0.334 e. The molecule has 1 aromatic carbocycles. The molecular formula is C17H24O2. The van der Waals surface area contributed by atoms with Crippen LogP contribution < -0.4 is 0 Å². The van der Waals surface area contributed by atoms with Gasteiger partial charge in [0, 0.05) is 5.57 Å². The number of hydrogen-bond donors (Lipinski definition) is 0. The molecule has 0 spiro atoms. The summed E-state index contributed by atoms with van der Waals surface area (Å²) in [5, 5.41) is 0. The topological polar surface area (TPSA) is 26.3 Å². The van der Waals surface area contributed by atoms with Crippen LogP contribution in [0.3, 0.4) is 0 Å². The Labute approximate surface area is 116 Å². The summed E-state index contributed by atoms with van der Waals surface area (Å²) in [5.41, 5.74) is 2.99. The van der Waals surface area contributed by atoms with Gasteiger partial charge >= 0.3 is 5.97 Å². The lowest BCUT2D eigenvalue weighted by Crippen LogP contribution is -2.16. The van der Waals surface area contributed by atoms with E-state index < -0.39 is 0 Å². The van der Waals surface area contributed by atoms with Crippen molar-refractivity contribution in [3.63, 3.8) is 0 Å². The first kappa shape index (κ1) is 15.5. The van der Waals surface area contributed by atoms with Gasteiger partial charge in [-0.15, -0.1) is 0 Å². The monoisotopic (exact) mass is 260 g/mol. The van der Waals surface area contributed by atoms with Gasteiger partial charge in [0.05, 0.1) is 6.61 Å². The first-order chi connectivity index (χ1) is 8.99. The normalized spacial score (nSPS) is 12.6. The second-order valence-electron chi connectivity index (χ2n) is 5.22. The molecule has 0 aliphatic rings. The molecule has 1 aromatic rings. The molecule has 0 saturated carbocycles. The summed E-state index contributed by atoms with van der Waals surface area (Å²) in [7, 11) is 0. The van der Waals surface area contributed by atoms with Gasteiger partial charge < -0.3 is 4.74 Å². The van der Waals surface area contributed by atoms with Crippen LogP contribution in [0.1, 0.15) is 40.2 Å². The first-order valence-electron chi connectivity index (χ1n) is 6.95.